The minimum absolute atomic E-state index is 0.0531. The number of aromatic nitrogens is 1. The number of rotatable bonds is 4. The van der Waals surface area contributed by atoms with Crippen LogP contribution >= 0.6 is 0 Å². The van der Waals surface area contributed by atoms with Gasteiger partial charge in [-0.2, -0.15) is 0 Å². The summed E-state index contributed by atoms with van der Waals surface area (Å²) in [6.07, 6.45) is 0. The number of aliphatic hydroxyl groups is 1. The number of furan rings is 1. The zero-order valence-corrected chi connectivity index (χ0v) is 12.0. The molecule has 1 unspecified atom stereocenters. The summed E-state index contributed by atoms with van der Waals surface area (Å²) in [6, 6.07) is 3.30. The van der Waals surface area contributed by atoms with E-state index < -0.39 is 5.60 Å². The van der Waals surface area contributed by atoms with Gasteiger partial charge in [-0.1, -0.05) is 5.16 Å². The summed E-state index contributed by atoms with van der Waals surface area (Å²) in [6.45, 7) is 6.97. The van der Waals surface area contributed by atoms with Gasteiger partial charge in [0.25, 0.3) is 5.91 Å². The molecule has 6 nitrogen and oxygen atoms in total. The van der Waals surface area contributed by atoms with Crippen molar-refractivity contribution in [2.45, 2.75) is 33.3 Å². The Morgan fingerprint density at radius 2 is 2.05 bits per heavy atom. The maximum absolute atomic E-state index is 11.9. The van der Waals surface area contributed by atoms with Crippen molar-refractivity contribution < 1.29 is 18.8 Å². The van der Waals surface area contributed by atoms with Crippen molar-refractivity contribution in [2.75, 3.05) is 6.54 Å². The SMILES string of the molecule is Cc1cc(C(=O)NCC(C)(O)c2cc(C)oc2C)no1. The van der Waals surface area contributed by atoms with Crippen LogP contribution in [0, 0.1) is 20.8 Å². The van der Waals surface area contributed by atoms with Crippen molar-refractivity contribution in [2.24, 2.45) is 0 Å². The molecule has 0 aromatic carbocycles. The van der Waals surface area contributed by atoms with Gasteiger partial charge >= 0.3 is 0 Å². The monoisotopic (exact) mass is 278 g/mol. The van der Waals surface area contributed by atoms with Crippen molar-refractivity contribution >= 4 is 5.91 Å². The number of nitrogens with one attached hydrogen (secondary N) is 1. The highest BCUT2D eigenvalue weighted by molar-refractivity contribution is 5.92. The van der Waals surface area contributed by atoms with Gasteiger partial charge in [0.2, 0.25) is 0 Å². The molecule has 0 aliphatic carbocycles. The third-order valence-corrected chi connectivity index (χ3v) is 3.07. The Bertz CT molecular complexity index is 625. The van der Waals surface area contributed by atoms with Gasteiger partial charge in [-0.3, -0.25) is 4.79 Å². The van der Waals surface area contributed by atoms with Gasteiger partial charge in [0.1, 0.15) is 22.9 Å². The molecule has 1 amide bonds. The Morgan fingerprint density at radius 1 is 1.35 bits per heavy atom. The minimum atomic E-state index is -1.21. The van der Waals surface area contributed by atoms with E-state index >= 15 is 0 Å². The number of amides is 1. The van der Waals surface area contributed by atoms with Gasteiger partial charge in [-0.05, 0) is 33.8 Å². The molecule has 2 heterocycles. The van der Waals surface area contributed by atoms with Crippen LogP contribution in [0.15, 0.2) is 21.1 Å². The van der Waals surface area contributed by atoms with Crippen molar-refractivity contribution in [3.8, 4) is 0 Å². The predicted octanol–water partition coefficient (Wildman–Crippen LogP) is 1.83. The Labute approximate surface area is 116 Å². The van der Waals surface area contributed by atoms with E-state index in [1.165, 1.54) is 6.07 Å². The first-order chi connectivity index (χ1) is 9.29. The first kappa shape index (κ1) is 14.3. The summed E-state index contributed by atoms with van der Waals surface area (Å²) in [5.41, 5.74) is -0.360. The van der Waals surface area contributed by atoms with Gasteiger partial charge in [0, 0.05) is 11.6 Å². The molecule has 2 N–H and O–H groups in total. The average molecular weight is 278 g/mol. The van der Waals surface area contributed by atoms with Crippen LogP contribution in [0.2, 0.25) is 0 Å². The highest BCUT2D eigenvalue weighted by atomic mass is 16.5. The molecule has 1 atom stereocenters. The molecule has 0 fully saturated rings. The normalized spacial score (nSPS) is 14.1. The fourth-order valence-electron chi connectivity index (χ4n) is 2.08. The van der Waals surface area contributed by atoms with E-state index in [-0.39, 0.29) is 18.1 Å². The first-order valence-corrected chi connectivity index (χ1v) is 6.31. The Morgan fingerprint density at radius 3 is 2.55 bits per heavy atom. The van der Waals surface area contributed by atoms with Crippen LogP contribution in [0.5, 0.6) is 0 Å². The summed E-state index contributed by atoms with van der Waals surface area (Å²) < 4.78 is 10.2. The largest absolute Gasteiger partial charge is 0.466 e. The van der Waals surface area contributed by atoms with Crippen molar-refractivity contribution in [1.82, 2.24) is 10.5 Å². The van der Waals surface area contributed by atoms with Gasteiger partial charge in [0.15, 0.2) is 5.69 Å². The molecular weight excluding hydrogens is 260 g/mol. The van der Waals surface area contributed by atoms with E-state index in [2.05, 4.69) is 10.5 Å². The molecule has 20 heavy (non-hydrogen) atoms. The van der Waals surface area contributed by atoms with E-state index in [0.29, 0.717) is 17.1 Å². The lowest BCUT2D eigenvalue weighted by Gasteiger charge is -2.23. The molecule has 0 saturated heterocycles. The summed E-state index contributed by atoms with van der Waals surface area (Å²) in [7, 11) is 0. The molecule has 0 saturated carbocycles. The molecule has 2 aromatic heterocycles. The number of carbonyl (C=O) groups is 1. The van der Waals surface area contributed by atoms with Crippen molar-refractivity contribution in [3.05, 3.63) is 40.7 Å². The van der Waals surface area contributed by atoms with Crippen molar-refractivity contribution in [1.29, 1.82) is 0 Å². The molecule has 0 aliphatic heterocycles. The Balaban J connectivity index is 2.06. The van der Waals surface area contributed by atoms with Gasteiger partial charge < -0.3 is 19.4 Å². The standard InChI is InChI=1S/C14H18N2O4/c1-8-5-11(10(3)19-8)14(4,18)7-15-13(17)12-6-9(2)20-16-12/h5-6,18H,7H2,1-4H3,(H,15,17). The lowest BCUT2D eigenvalue weighted by atomic mass is 9.96. The molecule has 108 valence electrons. The molecule has 6 heteroatoms. The maximum Gasteiger partial charge on any atom is 0.273 e. The first-order valence-electron chi connectivity index (χ1n) is 6.31. The average Bonchev–Trinajstić information content (AvgIpc) is 2.93. The van der Waals surface area contributed by atoms with Crippen molar-refractivity contribution in [3.63, 3.8) is 0 Å². The molecule has 0 aliphatic rings. The van der Waals surface area contributed by atoms with E-state index in [4.69, 9.17) is 8.94 Å². The maximum atomic E-state index is 11.9. The van der Waals surface area contributed by atoms with Crippen LogP contribution in [-0.2, 0) is 5.60 Å². The van der Waals surface area contributed by atoms with E-state index in [9.17, 15) is 9.90 Å². The summed E-state index contributed by atoms with van der Waals surface area (Å²) in [5.74, 6) is 1.53. The Hall–Kier alpha value is -2.08. The zero-order chi connectivity index (χ0) is 14.9. The second-order valence-electron chi connectivity index (χ2n) is 5.11. The fraction of sp³-hybridized carbons (Fsp3) is 0.429. The lowest BCUT2D eigenvalue weighted by molar-refractivity contribution is 0.0511. The molecular formula is C14H18N2O4. The molecule has 2 aromatic rings. The molecule has 0 bridgehead atoms. The summed E-state index contributed by atoms with van der Waals surface area (Å²) in [5, 5.41) is 16.7. The fourth-order valence-corrected chi connectivity index (χ4v) is 2.08. The van der Waals surface area contributed by atoms with E-state index in [1.54, 1.807) is 26.8 Å². The van der Waals surface area contributed by atoms with Crippen LogP contribution in [-0.4, -0.2) is 22.7 Å². The predicted molar refractivity (Wildman–Crippen MR) is 71.3 cm³/mol. The van der Waals surface area contributed by atoms with Crippen LogP contribution in [0.3, 0.4) is 0 Å². The number of hydrogen-bond acceptors (Lipinski definition) is 5. The second-order valence-corrected chi connectivity index (χ2v) is 5.11. The summed E-state index contributed by atoms with van der Waals surface area (Å²) >= 11 is 0. The van der Waals surface area contributed by atoms with Gasteiger partial charge in [-0.25, -0.2) is 0 Å². The lowest BCUT2D eigenvalue weighted by Crippen LogP contribution is -2.38. The zero-order valence-electron chi connectivity index (χ0n) is 12.0. The number of aryl methyl sites for hydroxylation is 3. The smallest absolute Gasteiger partial charge is 0.273 e. The van der Waals surface area contributed by atoms with E-state index in [0.717, 1.165) is 5.76 Å². The molecule has 2 rings (SSSR count). The topological polar surface area (TPSA) is 88.5 Å². The number of hydrogen-bond donors (Lipinski definition) is 2. The van der Waals surface area contributed by atoms with Crippen LogP contribution in [0.25, 0.3) is 0 Å². The highest BCUT2D eigenvalue weighted by Gasteiger charge is 2.28. The minimum Gasteiger partial charge on any atom is -0.466 e. The quantitative estimate of drug-likeness (QED) is 0.890. The Kier molecular flexibility index (Phi) is 3.67. The number of carbonyl (C=O) groups excluding carboxylic acids is 1. The van der Waals surface area contributed by atoms with Gasteiger partial charge in [-0.15, -0.1) is 0 Å². The molecule has 0 spiro atoms. The summed E-state index contributed by atoms with van der Waals surface area (Å²) in [4.78, 5) is 11.9. The third kappa shape index (κ3) is 2.91. The van der Waals surface area contributed by atoms with Crippen LogP contribution in [0.1, 0.15) is 40.3 Å². The number of nitrogens with zero attached hydrogens (tertiary/aromatic N) is 1. The van der Waals surface area contributed by atoms with Crippen LogP contribution < -0.4 is 5.32 Å². The second kappa shape index (κ2) is 5.13. The van der Waals surface area contributed by atoms with E-state index in [1.807, 2.05) is 6.92 Å². The highest BCUT2D eigenvalue weighted by Crippen LogP contribution is 2.26. The third-order valence-electron chi connectivity index (χ3n) is 3.07. The van der Waals surface area contributed by atoms with Gasteiger partial charge in [0.05, 0.1) is 6.54 Å². The van der Waals surface area contributed by atoms with Crippen LogP contribution in [0.4, 0.5) is 0 Å². The molecule has 0 radical (unpaired) electrons.